The number of ether oxygens (including phenoxy) is 1. The van der Waals surface area contributed by atoms with Gasteiger partial charge in [0.2, 0.25) is 5.78 Å². The zero-order valence-electron chi connectivity index (χ0n) is 9.29. The molecule has 92 valence electrons. The van der Waals surface area contributed by atoms with Gasteiger partial charge >= 0.3 is 0 Å². The molecule has 0 amide bonds. The highest BCUT2D eigenvalue weighted by Crippen LogP contribution is 2.37. The molecule has 2 heterocycles. The van der Waals surface area contributed by atoms with E-state index in [1.807, 2.05) is 0 Å². The minimum Gasteiger partial charge on any atom is -0.467 e. The molecule has 6 heteroatoms. The van der Waals surface area contributed by atoms with Crippen LogP contribution >= 0.6 is 11.3 Å². The second kappa shape index (κ2) is 4.44. The topological polar surface area (TPSA) is 38.3 Å². The van der Waals surface area contributed by atoms with Crippen LogP contribution in [0.25, 0.3) is 5.57 Å². The molecule has 0 bridgehead atoms. The van der Waals surface area contributed by atoms with Gasteiger partial charge in [0, 0.05) is 12.6 Å². The van der Waals surface area contributed by atoms with Gasteiger partial charge in [-0.1, -0.05) is 0 Å². The molecular formula is C11H11F2NO2S. The molecular weight excluding hydrogens is 248 g/mol. The summed E-state index contributed by atoms with van der Waals surface area (Å²) in [6, 6.07) is 1.33. The van der Waals surface area contributed by atoms with E-state index in [1.165, 1.54) is 6.07 Å². The van der Waals surface area contributed by atoms with Crippen LogP contribution in [0.1, 0.15) is 23.8 Å². The monoisotopic (exact) mass is 259 g/mol. The van der Waals surface area contributed by atoms with E-state index in [0.717, 1.165) is 11.3 Å². The number of rotatable bonds is 3. The van der Waals surface area contributed by atoms with Crippen LogP contribution in [0.2, 0.25) is 0 Å². The van der Waals surface area contributed by atoms with E-state index in [0.29, 0.717) is 4.88 Å². The van der Waals surface area contributed by atoms with E-state index in [2.05, 4.69) is 5.32 Å². The van der Waals surface area contributed by atoms with Crippen LogP contribution in [0.3, 0.4) is 0 Å². The molecule has 17 heavy (non-hydrogen) atoms. The van der Waals surface area contributed by atoms with Crippen molar-refractivity contribution in [3.8, 4) is 0 Å². The van der Waals surface area contributed by atoms with Crippen LogP contribution in [0, 0.1) is 0 Å². The van der Waals surface area contributed by atoms with Crippen molar-refractivity contribution >= 4 is 22.7 Å². The van der Waals surface area contributed by atoms with Crippen LogP contribution in [0.15, 0.2) is 17.3 Å². The third-order valence-electron chi connectivity index (χ3n) is 2.52. The molecule has 0 radical (unpaired) electrons. The van der Waals surface area contributed by atoms with Gasteiger partial charge in [-0.15, -0.1) is 11.3 Å². The first-order valence-electron chi connectivity index (χ1n) is 5.05. The summed E-state index contributed by atoms with van der Waals surface area (Å²) in [5.41, 5.74) is 0.106. The molecule has 2 rings (SSSR count). The van der Waals surface area contributed by atoms with Crippen LogP contribution in [-0.2, 0) is 9.53 Å². The minimum atomic E-state index is -2.59. The summed E-state index contributed by atoms with van der Waals surface area (Å²) in [5.74, 6) is 0.00514. The number of carbonyl (C=O) groups excluding carboxylic acids is 1. The van der Waals surface area contributed by atoms with Crippen molar-refractivity contribution in [1.82, 2.24) is 5.32 Å². The second-order valence-corrected chi connectivity index (χ2v) is 4.50. The standard InChI is InChI=1S/C11H11F2NO2S/c1-5-8(15)7(11(14-2)16-5)9-6(10(12)13)3-4-17-9/h3-5,10,14H,1-2H3. The molecule has 1 aliphatic rings. The SMILES string of the molecule is CNC1=C(c2sccc2C(F)F)C(=O)C(C)O1. The van der Waals surface area contributed by atoms with Crippen LogP contribution in [-0.4, -0.2) is 18.9 Å². The zero-order chi connectivity index (χ0) is 12.6. The van der Waals surface area contributed by atoms with Gasteiger partial charge in [-0.05, 0) is 18.4 Å². The van der Waals surface area contributed by atoms with Crippen LogP contribution in [0.5, 0.6) is 0 Å². The summed E-state index contributed by atoms with van der Waals surface area (Å²) < 4.78 is 30.8. The lowest BCUT2D eigenvalue weighted by molar-refractivity contribution is -0.119. The Morgan fingerprint density at radius 1 is 1.53 bits per heavy atom. The normalized spacial score (nSPS) is 20.1. The van der Waals surface area contributed by atoms with E-state index in [9.17, 15) is 13.6 Å². The van der Waals surface area contributed by atoms with Crippen LogP contribution < -0.4 is 5.32 Å². The number of alkyl halides is 2. The Kier molecular flexibility index (Phi) is 3.15. The maximum absolute atomic E-state index is 12.8. The number of carbonyl (C=O) groups is 1. The van der Waals surface area contributed by atoms with Crippen LogP contribution in [0.4, 0.5) is 8.78 Å². The smallest absolute Gasteiger partial charge is 0.265 e. The first-order chi connectivity index (χ1) is 8.06. The highest BCUT2D eigenvalue weighted by Gasteiger charge is 2.35. The molecule has 0 saturated carbocycles. The average molecular weight is 259 g/mol. The van der Waals surface area contributed by atoms with E-state index in [4.69, 9.17) is 4.74 Å². The fraction of sp³-hybridized carbons (Fsp3) is 0.364. The molecule has 1 N–H and O–H groups in total. The molecule has 1 aliphatic heterocycles. The second-order valence-electron chi connectivity index (χ2n) is 3.58. The van der Waals surface area contributed by atoms with E-state index in [1.54, 1.807) is 19.4 Å². The minimum absolute atomic E-state index is 0.121. The summed E-state index contributed by atoms with van der Waals surface area (Å²) in [6.07, 6.45) is -3.22. The lowest BCUT2D eigenvalue weighted by Gasteiger charge is -2.05. The highest BCUT2D eigenvalue weighted by atomic mass is 32.1. The van der Waals surface area contributed by atoms with E-state index in [-0.39, 0.29) is 22.8 Å². The summed E-state index contributed by atoms with van der Waals surface area (Å²) >= 11 is 1.12. The number of nitrogens with one attached hydrogen (secondary N) is 1. The van der Waals surface area contributed by atoms with Crippen molar-refractivity contribution in [2.24, 2.45) is 0 Å². The Balaban J connectivity index is 2.51. The third-order valence-corrected chi connectivity index (χ3v) is 3.47. The van der Waals surface area contributed by atoms with Gasteiger partial charge < -0.3 is 10.1 Å². The first-order valence-corrected chi connectivity index (χ1v) is 5.93. The third kappa shape index (κ3) is 1.93. The maximum Gasteiger partial charge on any atom is 0.265 e. The Hall–Kier alpha value is -1.43. The van der Waals surface area contributed by atoms with Gasteiger partial charge in [-0.3, -0.25) is 4.79 Å². The first kappa shape index (κ1) is 12.0. The number of halogens is 2. The van der Waals surface area contributed by atoms with Gasteiger partial charge in [0.15, 0.2) is 12.0 Å². The summed E-state index contributed by atoms with van der Waals surface area (Å²) in [5, 5.41) is 4.28. The molecule has 3 nitrogen and oxygen atoms in total. The van der Waals surface area contributed by atoms with Crippen molar-refractivity contribution < 1.29 is 18.3 Å². The van der Waals surface area contributed by atoms with Gasteiger partial charge in [-0.25, -0.2) is 8.78 Å². The molecule has 0 saturated heterocycles. The van der Waals surface area contributed by atoms with E-state index < -0.39 is 12.5 Å². The molecule has 1 unspecified atom stereocenters. The van der Waals surface area contributed by atoms with Crippen molar-refractivity contribution in [1.29, 1.82) is 0 Å². The predicted molar refractivity (Wildman–Crippen MR) is 60.8 cm³/mol. The summed E-state index contributed by atoms with van der Waals surface area (Å²) in [6.45, 7) is 1.60. The lowest BCUT2D eigenvalue weighted by Crippen LogP contribution is -2.13. The Morgan fingerprint density at radius 2 is 2.24 bits per heavy atom. The number of Topliss-reactive ketones (excluding diaryl/α,β-unsaturated/α-hetero) is 1. The van der Waals surface area contributed by atoms with E-state index >= 15 is 0 Å². The summed E-state index contributed by atoms with van der Waals surface area (Å²) in [4.78, 5) is 12.2. The maximum atomic E-state index is 12.8. The largest absolute Gasteiger partial charge is 0.467 e. The average Bonchev–Trinajstić information content (AvgIpc) is 2.85. The lowest BCUT2D eigenvalue weighted by atomic mass is 10.1. The molecule has 1 aromatic heterocycles. The quantitative estimate of drug-likeness (QED) is 0.906. The van der Waals surface area contributed by atoms with Gasteiger partial charge in [0.1, 0.15) is 0 Å². The van der Waals surface area contributed by atoms with Gasteiger partial charge in [-0.2, -0.15) is 0 Å². The zero-order valence-corrected chi connectivity index (χ0v) is 10.1. The van der Waals surface area contributed by atoms with Gasteiger partial charge in [0.05, 0.1) is 10.5 Å². The van der Waals surface area contributed by atoms with Crippen molar-refractivity contribution in [2.45, 2.75) is 19.5 Å². The predicted octanol–water partition coefficient (Wildman–Crippen LogP) is 2.56. The summed E-state index contributed by atoms with van der Waals surface area (Å²) in [7, 11) is 1.59. The Labute approximate surface area is 101 Å². The van der Waals surface area contributed by atoms with Gasteiger partial charge in [0.25, 0.3) is 6.43 Å². The van der Waals surface area contributed by atoms with Crippen molar-refractivity contribution in [2.75, 3.05) is 7.05 Å². The Morgan fingerprint density at radius 3 is 2.82 bits per heavy atom. The number of hydrogen-bond acceptors (Lipinski definition) is 4. The highest BCUT2D eigenvalue weighted by molar-refractivity contribution is 7.11. The van der Waals surface area contributed by atoms with Crippen molar-refractivity contribution in [3.05, 3.63) is 27.8 Å². The van der Waals surface area contributed by atoms with Crippen molar-refractivity contribution in [3.63, 3.8) is 0 Å². The number of thiophene rings is 1. The number of ketones is 1. The number of hydrogen-bond donors (Lipinski definition) is 1. The fourth-order valence-corrected chi connectivity index (χ4v) is 2.65. The molecule has 0 fully saturated rings. The molecule has 0 spiro atoms. The molecule has 1 aromatic rings. The molecule has 0 aromatic carbocycles. The molecule has 0 aliphatic carbocycles. The Bertz CT molecular complexity index is 482. The fourth-order valence-electron chi connectivity index (χ4n) is 1.70. The molecule has 1 atom stereocenters.